The zero-order chi connectivity index (χ0) is 17.0. The highest BCUT2D eigenvalue weighted by Gasteiger charge is 2.47. The maximum absolute atomic E-state index is 12.9. The molecule has 0 bridgehead atoms. The molecule has 1 spiro atoms. The van der Waals surface area contributed by atoms with Gasteiger partial charge in [0.25, 0.3) is 5.91 Å². The predicted molar refractivity (Wildman–Crippen MR) is 91.8 cm³/mol. The van der Waals surface area contributed by atoms with E-state index in [1.165, 1.54) is 11.1 Å². The summed E-state index contributed by atoms with van der Waals surface area (Å²) < 4.78 is 6.12. The lowest BCUT2D eigenvalue weighted by atomic mass is 9.92. The number of fused-ring (bicyclic) bond motifs is 2. The standard InChI is InChI=1S/C19H20N4O2/c20-16-14(9-21-17(22-16)12-5-6-12)18(24)23-8-7-19(11-23)15-4-2-1-3-13(15)10-25-19/h1-4,9,12H,5-8,10-11H2,(H2,20,21,22). The van der Waals surface area contributed by atoms with Gasteiger partial charge in [-0.2, -0.15) is 0 Å². The van der Waals surface area contributed by atoms with Gasteiger partial charge in [-0.1, -0.05) is 24.3 Å². The van der Waals surface area contributed by atoms with E-state index in [4.69, 9.17) is 10.5 Å². The highest BCUT2D eigenvalue weighted by Crippen LogP contribution is 2.43. The Morgan fingerprint density at radius 1 is 1.32 bits per heavy atom. The zero-order valence-corrected chi connectivity index (χ0v) is 13.9. The van der Waals surface area contributed by atoms with Crippen LogP contribution in [0.2, 0.25) is 0 Å². The number of amides is 1. The predicted octanol–water partition coefficient (Wildman–Crippen LogP) is 2.21. The van der Waals surface area contributed by atoms with Gasteiger partial charge in [-0.25, -0.2) is 9.97 Å². The summed E-state index contributed by atoms with van der Waals surface area (Å²) in [5, 5.41) is 0. The van der Waals surface area contributed by atoms with Crippen LogP contribution >= 0.6 is 0 Å². The molecule has 0 radical (unpaired) electrons. The summed E-state index contributed by atoms with van der Waals surface area (Å²) in [4.78, 5) is 23.4. The molecule has 6 heteroatoms. The number of nitrogen functional groups attached to an aromatic ring is 1. The van der Waals surface area contributed by atoms with E-state index in [-0.39, 0.29) is 17.3 Å². The fourth-order valence-corrected chi connectivity index (χ4v) is 3.96. The van der Waals surface area contributed by atoms with Gasteiger partial charge in [-0.05, 0) is 30.4 Å². The normalized spacial score (nSPS) is 24.7. The maximum Gasteiger partial charge on any atom is 0.259 e. The highest BCUT2D eigenvalue weighted by molar-refractivity contribution is 5.98. The van der Waals surface area contributed by atoms with Crippen molar-refractivity contribution in [3.63, 3.8) is 0 Å². The van der Waals surface area contributed by atoms with E-state index >= 15 is 0 Å². The Bertz CT molecular complexity index is 864. The SMILES string of the molecule is Nc1nc(C2CC2)ncc1C(=O)N1CCC2(C1)OCc1ccccc12. The van der Waals surface area contributed by atoms with Gasteiger partial charge < -0.3 is 15.4 Å². The number of nitrogens with two attached hydrogens (primary N) is 1. The van der Waals surface area contributed by atoms with Gasteiger partial charge in [0.1, 0.15) is 22.8 Å². The minimum absolute atomic E-state index is 0.107. The molecule has 128 valence electrons. The molecule has 3 aliphatic rings. The number of nitrogens with zero attached hydrogens (tertiary/aromatic N) is 3. The third kappa shape index (κ3) is 2.32. The molecule has 6 nitrogen and oxygen atoms in total. The van der Waals surface area contributed by atoms with E-state index in [0.29, 0.717) is 31.2 Å². The molecule has 1 aromatic heterocycles. The summed E-state index contributed by atoms with van der Waals surface area (Å²) in [5.74, 6) is 1.37. The van der Waals surface area contributed by atoms with E-state index in [1.54, 1.807) is 6.20 Å². The molecular weight excluding hydrogens is 316 g/mol. The van der Waals surface area contributed by atoms with E-state index < -0.39 is 0 Å². The first-order valence-corrected chi connectivity index (χ1v) is 8.80. The molecule has 25 heavy (non-hydrogen) atoms. The van der Waals surface area contributed by atoms with Gasteiger partial charge in [0.05, 0.1) is 13.2 Å². The molecule has 3 heterocycles. The van der Waals surface area contributed by atoms with Crippen LogP contribution in [0.4, 0.5) is 5.82 Å². The molecule has 2 aliphatic heterocycles. The van der Waals surface area contributed by atoms with Crippen LogP contribution in [0.25, 0.3) is 0 Å². The van der Waals surface area contributed by atoms with Gasteiger partial charge in [0.2, 0.25) is 0 Å². The number of likely N-dealkylation sites (tertiary alicyclic amines) is 1. The average Bonchev–Trinajstić information content (AvgIpc) is 3.31. The first-order chi connectivity index (χ1) is 12.2. The number of carbonyl (C=O) groups excluding carboxylic acids is 1. The number of rotatable bonds is 2. The second-order valence-electron chi connectivity index (χ2n) is 7.22. The van der Waals surface area contributed by atoms with Crippen molar-refractivity contribution in [1.82, 2.24) is 14.9 Å². The van der Waals surface area contributed by atoms with E-state index in [1.807, 2.05) is 17.0 Å². The molecule has 1 aliphatic carbocycles. The Hall–Kier alpha value is -2.47. The number of carbonyl (C=O) groups is 1. The number of anilines is 1. The van der Waals surface area contributed by atoms with Crippen molar-refractivity contribution in [3.05, 3.63) is 53.0 Å². The van der Waals surface area contributed by atoms with Crippen molar-refractivity contribution in [1.29, 1.82) is 0 Å². The van der Waals surface area contributed by atoms with Crippen LogP contribution in [-0.4, -0.2) is 33.9 Å². The summed E-state index contributed by atoms with van der Waals surface area (Å²) in [5.41, 5.74) is 8.49. The molecule has 1 saturated carbocycles. The summed E-state index contributed by atoms with van der Waals surface area (Å²) in [7, 11) is 0. The number of hydrogen-bond donors (Lipinski definition) is 1. The first kappa shape index (κ1) is 14.8. The average molecular weight is 336 g/mol. The van der Waals surface area contributed by atoms with Crippen LogP contribution in [0.1, 0.15) is 52.5 Å². The van der Waals surface area contributed by atoms with Crippen LogP contribution in [0.15, 0.2) is 30.5 Å². The number of hydrogen-bond acceptors (Lipinski definition) is 5. The van der Waals surface area contributed by atoms with Gasteiger partial charge in [0.15, 0.2) is 0 Å². The summed E-state index contributed by atoms with van der Waals surface area (Å²) in [6.07, 6.45) is 4.61. The van der Waals surface area contributed by atoms with Crippen molar-refractivity contribution in [2.75, 3.05) is 18.8 Å². The van der Waals surface area contributed by atoms with E-state index in [2.05, 4.69) is 22.1 Å². The van der Waals surface area contributed by atoms with Crippen LogP contribution in [0.5, 0.6) is 0 Å². The first-order valence-electron chi connectivity index (χ1n) is 8.80. The fourth-order valence-electron chi connectivity index (χ4n) is 3.96. The number of aromatic nitrogens is 2. The quantitative estimate of drug-likeness (QED) is 0.909. The van der Waals surface area contributed by atoms with E-state index in [9.17, 15) is 4.79 Å². The van der Waals surface area contributed by atoms with E-state index in [0.717, 1.165) is 25.1 Å². The molecule has 1 atom stereocenters. The minimum atomic E-state index is -0.379. The lowest BCUT2D eigenvalue weighted by molar-refractivity contribution is -0.0282. The Kier molecular flexibility index (Phi) is 3.12. The largest absolute Gasteiger partial charge is 0.383 e. The van der Waals surface area contributed by atoms with Crippen molar-refractivity contribution >= 4 is 11.7 Å². The monoisotopic (exact) mass is 336 g/mol. The van der Waals surface area contributed by atoms with Gasteiger partial charge in [-0.3, -0.25) is 4.79 Å². The smallest absolute Gasteiger partial charge is 0.259 e. The number of benzene rings is 1. The second kappa shape index (κ2) is 5.26. The van der Waals surface area contributed by atoms with Crippen molar-refractivity contribution in [3.8, 4) is 0 Å². The van der Waals surface area contributed by atoms with Crippen molar-refractivity contribution < 1.29 is 9.53 Å². The Labute approximate surface area is 146 Å². The van der Waals surface area contributed by atoms with Crippen LogP contribution in [0, 0.1) is 0 Å². The zero-order valence-electron chi connectivity index (χ0n) is 13.9. The third-order valence-corrected chi connectivity index (χ3v) is 5.54. The highest BCUT2D eigenvalue weighted by atomic mass is 16.5. The lowest BCUT2D eigenvalue weighted by Crippen LogP contribution is -2.34. The summed E-state index contributed by atoms with van der Waals surface area (Å²) in [6, 6.07) is 8.26. The van der Waals surface area contributed by atoms with Crippen LogP contribution in [-0.2, 0) is 16.9 Å². The molecule has 5 rings (SSSR count). The Balaban J connectivity index is 1.39. The van der Waals surface area contributed by atoms with Crippen LogP contribution in [0.3, 0.4) is 0 Å². The van der Waals surface area contributed by atoms with Crippen LogP contribution < -0.4 is 5.73 Å². The van der Waals surface area contributed by atoms with Crippen molar-refractivity contribution in [2.45, 2.75) is 37.4 Å². The molecule has 2 fully saturated rings. The molecule has 1 amide bonds. The topological polar surface area (TPSA) is 81.3 Å². The van der Waals surface area contributed by atoms with Gasteiger partial charge in [0, 0.05) is 18.7 Å². The molecular formula is C19H20N4O2. The molecule has 2 N–H and O–H groups in total. The second-order valence-corrected chi connectivity index (χ2v) is 7.22. The molecule has 1 unspecified atom stereocenters. The maximum atomic E-state index is 12.9. The van der Waals surface area contributed by atoms with Gasteiger partial charge in [-0.15, -0.1) is 0 Å². The Morgan fingerprint density at radius 3 is 2.96 bits per heavy atom. The fraction of sp³-hybridized carbons (Fsp3) is 0.421. The molecule has 2 aromatic rings. The summed E-state index contributed by atoms with van der Waals surface area (Å²) in [6.45, 7) is 1.81. The molecule has 1 aromatic carbocycles. The van der Waals surface area contributed by atoms with Gasteiger partial charge >= 0.3 is 0 Å². The summed E-state index contributed by atoms with van der Waals surface area (Å²) >= 11 is 0. The third-order valence-electron chi connectivity index (χ3n) is 5.54. The van der Waals surface area contributed by atoms with Crippen molar-refractivity contribution in [2.24, 2.45) is 0 Å². The molecule has 1 saturated heterocycles. The minimum Gasteiger partial charge on any atom is -0.383 e. The Morgan fingerprint density at radius 2 is 2.16 bits per heavy atom. The number of ether oxygens (including phenoxy) is 1. The lowest BCUT2D eigenvalue weighted by Gasteiger charge is -2.25.